The molecule has 3 aromatic rings. The van der Waals surface area contributed by atoms with E-state index in [0.717, 1.165) is 27.7 Å². The third-order valence-electron chi connectivity index (χ3n) is 4.52. The minimum absolute atomic E-state index is 0.0933. The molecule has 0 unspecified atom stereocenters. The number of fused-ring (bicyclic) bond motifs is 1. The molecule has 148 valence electrons. The predicted molar refractivity (Wildman–Crippen MR) is 101 cm³/mol. The van der Waals surface area contributed by atoms with Gasteiger partial charge < -0.3 is 4.74 Å². The Kier molecular flexibility index (Phi) is 5.19. The number of nitrogens with zero attached hydrogens (tertiary/aromatic N) is 2. The summed E-state index contributed by atoms with van der Waals surface area (Å²) < 4.78 is 43.2. The second-order valence-corrected chi connectivity index (χ2v) is 7.41. The number of aryl methyl sites for hydroxylation is 1. The van der Waals surface area contributed by atoms with E-state index >= 15 is 0 Å². The van der Waals surface area contributed by atoms with Crippen LogP contribution in [-0.2, 0) is 16.1 Å². The second kappa shape index (κ2) is 7.30. The van der Waals surface area contributed by atoms with Gasteiger partial charge in [0.05, 0.1) is 17.5 Å². The van der Waals surface area contributed by atoms with Crippen molar-refractivity contribution in [3.63, 3.8) is 0 Å². The highest BCUT2D eigenvalue weighted by Gasteiger charge is 2.36. The number of hydrogen-bond donors (Lipinski definition) is 0. The van der Waals surface area contributed by atoms with Crippen LogP contribution in [0.5, 0.6) is 0 Å². The lowest BCUT2D eigenvalue weighted by Crippen LogP contribution is -2.34. The predicted octanol–water partition coefficient (Wildman–Crippen LogP) is 5.14. The number of carbonyl (C=O) groups is 1. The molecule has 0 aliphatic rings. The molecule has 28 heavy (non-hydrogen) atoms. The van der Waals surface area contributed by atoms with Crippen molar-refractivity contribution < 1.29 is 22.7 Å². The summed E-state index contributed by atoms with van der Waals surface area (Å²) in [5.74, 6) is -0.915. The Morgan fingerprint density at radius 1 is 1.07 bits per heavy atom. The van der Waals surface area contributed by atoms with E-state index in [1.54, 1.807) is 18.5 Å². The zero-order chi connectivity index (χ0) is 20.5. The number of ether oxygens (including phenoxy) is 1. The van der Waals surface area contributed by atoms with Crippen LogP contribution in [0.15, 0.2) is 48.5 Å². The fourth-order valence-corrected chi connectivity index (χ4v) is 3.07. The van der Waals surface area contributed by atoms with E-state index in [0.29, 0.717) is 0 Å². The van der Waals surface area contributed by atoms with Crippen molar-refractivity contribution in [3.8, 4) is 11.3 Å². The van der Waals surface area contributed by atoms with Gasteiger partial charge in [0.15, 0.2) is 6.61 Å². The molecule has 3 rings (SSSR count). The third kappa shape index (κ3) is 4.18. The standard InChI is InChI=1S/C21H21F3N2O2/c1-14-8-4-5-9-15(14)18-16-10-6-7-11-17(16)26(25-18)12-20(2,3)19(27)28-13-21(22,23)24/h4-11H,12-13H2,1-3H3. The highest BCUT2D eigenvalue weighted by atomic mass is 19.4. The van der Waals surface area contributed by atoms with Crippen molar-refractivity contribution in [3.05, 3.63) is 54.1 Å². The average molecular weight is 390 g/mol. The Bertz CT molecular complexity index is 1010. The molecule has 0 saturated heterocycles. The van der Waals surface area contributed by atoms with Crippen LogP contribution in [0.25, 0.3) is 22.2 Å². The molecule has 0 fully saturated rings. The highest BCUT2D eigenvalue weighted by Crippen LogP contribution is 2.32. The fraction of sp³-hybridized carbons (Fsp3) is 0.333. The summed E-state index contributed by atoms with van der Waals surface area (Å²) in [6.45, 7) is 3.59. The van der Waals surface area contributed by atoms with Crippen LogP contribution in [0.1, 0.15) is 19.4 Å². The Balaban J connectivity index is 1.96. The zero-order valence-corrected chi connectivity index (χ0v) is 15.9. The van der Waals surface area contributed by atoms with Crippen LogP contribution in [0.4, 0.5) is 13.2 Å². The fourth-order valence-electron chi connectivity index (χ4n) is 3.07. The highest BCUT2D eigenvalue weighted by molar-refractivity contribution is 5.94. The van der Waals surface area contributed by atoms with E-state index < -0.39 is 24.2 Å². The molecule has 0 atom stereocenters. The quantitative estimate of drug-likeness (QED) is 0.567. The van der Waals surface area contributed by atoms with Gasteiger partial charge in [0.2, 0.25) is 0 Å². The molecular weight excluding hydrogens is 369 g/mol. The molecule has 0 spiro atoms. The SMILES string of the molecule is Cc1ccccc1-c1nn(CC(C)(C)C(=O)OCC(F)(F)F)c2ccccc12. The van der Waals surface area contributed by atoms with E-state index in [4.69, 9.17) is 0 Å². The topological polar surface area (TPSA) is 44.1 Å². The Hall–Kier alpha value is -2.83. The first-order chi connectivity index (χ1) is 13.1. The van der Waals surface area contributed by atoms with Crippen molar-refractivity contribution in [2.75, 3.05) is 6.61 Å². The van der Waals surface area contributed by atoms with Crippen LogP contribution >= 0.6 is 0 Å². The van der Waals surface area contributed by atoms with Gasteiger partial charge in [-0.2, -0.15) is 18.3 Å². The van der Waals surface area contributed by atoms with Crippen LogP contribution < -0.4 is 0 Å². The summed E-state index contributed by atoms with van der Waals surface area (Å²) in [6, 6.07) is 15.4. The molecule has 0 amide bonds. The van der Waals surface area contributed by atoms with E-state index in [9.17, 15) is 18.0 Å². The number of aromatic nitrogens is 2. The maximum Gasteiger partial charge on any atom is 0.422 e. The Morgan fingerprint density at radius 2 is 1.71 bits per heavy atom. The molecule has 0 aliphatic carbocycles. The van der Waals surface area contributed by atoms with Crippen molar-refractivity contribution in [1.82, 2.24) is 9.78 Å². The van der Waals surface area contributed by atoms with E-state index in [2.05, 4.69) is 9.84 Å². The molecular formula is C21H21F3N2O2. The summed E-state index contributed by atoms with van der Waals surface area (Å²) in [6.07, 6.45) is -4.55. The maximum absolute atomic E-state index is 12.4. The molecule has 7 heteroatoms. The molecule has 1 aromatic heterocycles. The monoisotopic (exact) mass is 390 g/mol. The first kappa shape index (κ1) is 19.9. The molecule has 0 N–H and O–H groups in total. The molecule has 0 bridgehead atoms. The lowest BCUT2D eigenvalue weighted by Gasteiger charge is -2.23. The van der Waals surface area contributed by atoms with E-state index in [-0.39, 0.29) is 6.54 Å². The van der Waals surface area contributed by atoms with Gasteiger partial charge in [-0.05, 0) is 32.4 Å². The van der Waals surface area contributed by atoms with Crippen LogP contribution in [0.2, 0.25) is 0 Å². The van der Waals surface area contributed by atoms with Crippen LogP contribution in [0.3, 0.4) is 0 Å². The molecule has 0 radical (unpaired) electrons. The number of esters is 1. The minimum Gasteiger partial charge on any atom is -0.456 e. The average Bonchev–Trinajstić information content (AvgIpc) is 2.97. The summed E-state index contributed by atoms with van der Waals surface area (Å²) in [5.41, 5.74) is 2.42. The Labute approximate surface area is 160 Å². The summed E-state index contributed by atoms with van der Waals surface area (Å²) >= 11 is 0. The van der Waals surface area contributed by atoms with Gasteiger partial charge in [0, 0.05) is 10.9 Å². The number of hydrogen-bond acceptors (Lipinski definition) is 3. The van der Waals surface area contributed by atoms with Gasteiger partial charge in [-0.25, -0.2) is 0 Å². The number of rotatable bonds is 5. The van der Waals surface area contributed by atoms with Crippen LogP contribution in [0, 0.1) is 12.3 Å². The molecule has 2 aromatic carbocycles. The smallest absolute Gasteiger partial charge is 0.422 e. The first-order valence-electron chi connectivity index (χ1n) is 8.84. The minimum atomic E-state index is -4.55. The Morgan fingerprint density at radius 3 is 2.39 bits per heavy atom. The van der Waals surface area contributed by atoms with Crippen molar-refractivity contribution in [2.45, 2.75) is 33.5 Å². The number of halogens is 3. The van der Waals surface area contributed by atoms with Gasteiger partial charge in [-0.15, -0.1) is 0 Å². The third-order valence-corrected chi connectivity index (χ3v) is 4.52. The van der Waals surface area contributed by atoms with Crippen molar-refractivity contribution in [1.29, 1.82) is 0 Å². The van der Waals surface area contributed by atoms with Crippen molar-refractivity contribution >= 4 is 16.9 Å². The van der Waals surface area contributed by atoms with Gasteiger partial charge in [0.1, 0.15) is 5.69 Å². The van der Waals surface area contributed by atoms with Crippen molar-refractivity contribution in [2.24, 2.45) is 5.41 Å². The maximum atomic E-state index is 12.4. The summed E-state index contributed by atoms with van der Waals surface area (Å²) in [5, 5.41) is 5.60. The van der Waals surface area contributed by atoms with Gasteiger partial charge in [-0.1, -0.05) is 42.5 Å². The van der Waals surface area contributed by atoms with Gasteiger partial charge in [0.25, 0.3) is 0 Å². The molecule has 0 saturated carbocycles. The van der Waals surface area contributed by atoms with Crippen LogP contribution in [-0.4, -0.2) is 28.5 Å². The summed E-state index contributed by atoms with van der Waals surface area (Å²) in [4.78, 5) is 12.2. The lowest BCUT2D eigenvalue weighted by molar-refractivity contribution is -0.193. The largest absolute Gasteiger partial charge is 0.456 e. The lowest BCUT2D eigenvalue weighted by atomic mass is 9.94. The summed E-state index contributed by atoms with van der Waals surface area (Å²) in [7, 11) is 0. The molecule has 4 nitrogen and oxygen atoms in total. The normalized spacial score (nSPS) is 12.4. The van der Waals surface area contributed by atoms with E-state index in [1.807, 2.05) is 55.5 Å². The zero-order valence-electron chi connectivity index (χ0n) is 15.9. The number of para-hydroxylation sites is 1. The van der Waals surface area contributed by atoms with Gasteiger partial charge in [-0.3, -0.25) is 9.48 Å². The molecule has 1 heterocycles. The number of benzene rings is 2. The van der Waals surface area contributed by atoms with Gasteiger partial charge >= 0.3 is 12.1 Å². The number of alkyl halides is 3. The first-order valence-corrected chi connectivity index (χ1v) is 8.84. The molecule has 0 aliphatic heterocycles. The van der Waals surface area contributed by atoms with E-state index in [1.165, 1.54) is 0 Å². The second-order valence-electron chi connectivity index (χ2n) is 7.41. The number of carbonyl (C=O) groups excluding carboxylic acids is 1.